The van der Waals surface area contributed by atoms with E-state index in [1.54, 1.807) is 12.1 Å². The Labute approximate surface area is 144 Å². The smallest absolute Gasteiger partial charge is 0.303 e. The number of carbonyl (C=O) groups is 1. The largest absolute Gasteiger partial charge is 0.493 e. The number of rotatable bonds is 7. The van der Waals surface area contributed by atoms with Crippen molar-refractivity contribution in [3.63, 3.8) is 0 Å². The van der Waals surface area contributed by atoms with E-state index in [0.29, 0.717) is 12.2 Å². The summed E-state index contributed by atoms with van der Waals surface area (Å²) in [6, 6.07) is 4.77. The molecule has 0 radical (unpaired) electrons. The first-order chi connectivity index (χ1) is 11.9. The second-order valence-electron chi connectivity index (χ2n) is 5.69. The Bertz CT molecular complexity index is 589. The Kier molecular flexibility index (Phi) is 6.57. The molecule has 0 unspecified atom stereocenters. The maximum Gasteiger partial charge on any atom is 0.303 e. The van der Waals surface area contributed by atoms with Crippen molar-refractivity contribution in [3.8, 4) is 11.5 Å². The van der Waals surface area contributed by atoms with Crippen LogP contribution in [-0.2, 0) is 16.0 Å². The number of methoxy groups -OCH3 is 1. The van der Waals surface area contributed by atoms with Gasteiger partial charge in [-0.15, -0.1) is 0 Å². The molecule has 25 heavy (non-hydrogen) atoms. The van der Waals surface area contributed by atoms with Gasteiger partial charge in [-0.3, -0.25) is 4.79 Å². The molecule has 0 amide bonds. The van der Waals surface area contributed by atoms with Crippen molar-refractivity contribution in [1.82, 2.24) is 0 Å². The standard InChI is InChI=1S/C16H22O9/c1-23-10-6-8(3-5-12(18)19)2-4-9(10)24-16-15(22)14(21)13(20)11(7-17)25-16/h2,4,6,11,13-17,20-22H,3,5,7H2,1H3,(H,18,19)/t11-,13-,14+,15-,16-/m1/s1. The van der Waals surface area contributed by atoms with Crippen molar-refractivity contribution >= 4 is 5.97 Å². The first-order valence-electron chi connectivity index (χ1n) is 7.73. The number of carboxylic acids is 1. The van der Waals surface area contributed by atoms with Crippen LogP contribution in [0.1, 0.15) is 12.0 Å². The minimum atomic E-state index is -1.54. The van der Waals surface area contributed by atoms with Gasteiger partial charge >= 0.3 is 5.97 Å². The van der Waals surface area contributed by atoms with Gasteiger partial charge in [-0.2, -0.15) is 0 Å². The molecule has 0 aliphatic carbocycles. The summed E-state index contributed by atoms with van der Waals surface area (Å²) in [6.45, 7) is -0.559. The third-order valence-corrected chi connectivity index (χ3v) is 3.95. The molecule has 1 saturated heterocycles. The quantitative estimate of drug-likeness (QED) is 0.409. The lowest BCUT2D eigenvalue weighted by molar-refractivity contribution is -0.277. The van der Waals surface area contributed by atoms with E-state index in [1.165, 1.54) is 13.2 Å². The number of ether oxygens (including phenoxy) is 3. The van der Waals surface area contributed by atoms with E-state index in [1.807, 2.05) is 0 Å². The normalized spacial score (nSPS) is 29.2. The topological polar surface area (TPSA) is 146 Å². The van der Waals surface area contributed by atoms with Crippen LogP contribution in [0.2, 0.25) is 0 Å². The summed E-state index contributed by atoms with van der Waals surface area (Å²) in [7, 11) is 1.40. The SMILES string of the molecule is COc1cc(CCC(=O)O)ccc1O[C@@H]1O[C@H](CO)[C@@H](O)[C@H](O)[C@H]1O. The number of aryl methyl sites for hydroxylation is 1. The maximum atomic E-state index is 10.6. The fourth-order valence-corrected chi connectivity index (χ4v) is 2.51. The van der Waals surface area contributed by atoms with E-state index in [9.17, 15) is 25.2 Å². The molecule has 5 N–H and O–H groups in total. The summed E-state index contributed by atoms with van der Waals surface area (Å²) >= 11 is 0. The lowest BCUT2D eigenvalue weighted by Crippen LogP contribution is -2.60. The Morgan fingerprint density at radius 2 is 1.88 bits per heavy atom. The fraction of sp³-hybridized carbons (Fsp3) is 0.562. The van der Waals surface area contributed by atoms with Gasteiger partial charge in [-0.1, -0.05) is 6.07 Å². The molecule has 0 spiro atoms. The van der Waals surface area contributed by atoms with Crippen LogP contribution in [0.4, 0.5) is 0 Å². The van der Waals surface area contributed by atoms with Crippen LogP contribution in [0.5, 0.6) is 11.5 Å². The third-order valence-electron chi connectivity index (χ3n) is 3.95. The summed E-state index contributed by atoms with van der Waals surface area (Å²) in [5.41, 5.74) is 0.723. The first-order valence-corrected chi connectivity index (χ1v) is 7.73. The highest BCUT2D eigenvalue weighted by Gasteiger charge is 2.44. The second kappa shape index (κ2) is 8.45. The number of carboxylic acid groups (broad SMARTS) is 1. The Morgan fingerprint density at radius 3 is 2.48 bits per heavy atom. The monoisotopic (exact) mass is 358 g/mol. The van der Waals surface area contributed by atoms with E-state index >= 15 is 0 Å². The molecule has 9 nitrogen and oxygen atoms in total. The molecule has 5 atom stereocenters. The van der Waals surface area contributed by atoms with Gasteiger partial charge in [0.1, 0.15) is 24.4 Å². The van der Waals surface area contributed by atoms with Crippen molar-refractivity contribution in [1.29, 1.82) is 0 Å². The number of aliphatic carboxylic acids is 1. The average molecular weight is 358 g/mol. The van der Waals surface area contributed by atoms with E-state index in [0.717, 1.165) is 5.56 Å². The van der Waals surface area contributed by atoms with Crippen LogP contribution in [0.25, 0.3) is 0 Å². The van der Waals surface area contributed by atoms with E-state index in [2.05, 4.69) is 0 Å². The van der Waals surface area contributed by atoms with Crippen LogP contribution >= 0.6 is 0 Å². The zero-order valence-electron chi connectivity index (χ0n) is 13.6. The Hall–Kier alpha value is -1.91. The van der Waals surface area contributed by atoms with Gasteiger partial charge in [0.05, 0.1) is 13.7 Å². The van der Waals surface area contributed by atoms with Crippen LogP contribution in [0, 0.1) is 0 Å². The van der Waals surface area contributed by atoms with Gasteiger partial charge in [0.2, 0.25) is 6.29 Å². The van der Waals surface area contributed by atoms with Gasteiger partial charge in [-0.05, 0) is 24.1 Å². The van der Waals surface area contributed by atoms with Crippen molar-refractivity contribution in [2.24, 2.45) is 0 Å². The highest BCUT2D eigenvalue weighted by molar-refractivity contribution is 5.67. The molecule has 1 aromatic rings. The van der Waals surface area contributed by atoms with Crippen molar-refractivity contribution in [2.45, 2.75) is 43.5 Å². The zero-order chi connectivity index (χ0) is 18.6. The Morgan fingerprint density at radius 1 is 1.16 bits per heavy atom. The molecule has 0 saturated carbocycles. The highest BCUT2D eigenvalue weighted by Crippen LogP contribution is 2.32. The Balaban J connectivity index is 2.14. The van der Waals surface area contributed by atoms with Gasteiger partial charge in [-0.25, -0.2) is 0 Å². The number of hydrogen-bond acceptors (Lipinski definition) is 8. The fourth-order valence-electron chi connectivity index (χ4n) is 2.51. The molecule has 0 bridgehead atoms. The highest BCUT2D eigenvalue weighted by atomic mass is 16.7. The molecule has 1 heterocycles. The molecular formula is C16H22O9. The van der Waals surface area contributed by atoms with Crippen molar-refractivity contribution in [2.75, 3.05) is 13.7 Å². The molecular weight excluding hydrogens is 336 g/mol. The van der Waals surface area contributed by atoms with Crippen LogP contribution < -0.4 is 9.47 Å². The third kappa shape index (κ3) is 4.59. The molecule has 1 aromatic carbocycles. The summed E-state index contributed by atoms with van der Waals surface area (Å²) in [5, 5.41) is 47.5. The number of aliphatic hydroxyl groups excluding tert-OH is 4. The van der Waals surface area contributed by atoms with Crippen LogP contribution in [0.3, 0.4) is 0 Å². The van der Waals surface area contributed by atoms with Crippen LogP contribution in [0.15, 0.2) is 18.2 Å². The predicted octanol–water partition coefficient (Wildman–Crippen LogP) is -1.11. The summed E-state index contributed by atoms with van der Waals surface area (Å²) in [5.74, 6) is -0.425. The van der Waals surface area contributed by atoms with E-state index in [-0.39, 0.29) is 12.2 Å². The second-order valence-corrected chi connectivity index (χ2v) is 5.69. The van der Waals surface area contributed by atoms with Gasteiger partial charge in [0.15, 0.2) is 11.5 Å². The zero-order valence-corrected chi connectivity index (χ0v) is 13.6. The molecule has 140 valence electrons. The lowest BCUT2D eigenvalue weighted by atomic mass is 9.99. The number of hydrogen-bond donors (Lipinski definition) is 5. The van der Waals surface area contributed by atoms with Crippen LogP contribution in [-0.4, -0.2) is 75.9 Å². The van der Waals surface area contributed by atoms with Gasteiger partial charge < -0.3 is 39.7 Å². The predicted molar refractivity (Wildman–Crippen MR) is 83.3 cm³/mol. The van der Waals surface area contributed by atoms with Crippen molar-refractivity contribution < 1.29 is 44.5 Å². The average Bonchev–Trinajstić information content (AvgIpc) is 2.60. The minimum absolute atomic E-state index is 0.0317. The molecule has 9 heteroatoms. The molecule has 1 aliphatic heterocycles. The van der Waals surface area contributed by atoms with E-state index in [4.69, 9.17) is 19.3 Å². The number of aliphatic hydroxyl groups is 4. The molecule has 2 rings (SSSR count). The summed E-state index contributed by atoms with van der Waals surface area (Å²) in [6.07, 6.45) is -6.67. The minimum Gasteiger partial charge on any atom is -0.493 e. The molecule has 1 aliphatic rings. The van der Waals surface area contributed by atoms with Gasteiger partial charge in [0.25, 0.3) is 0 Å². The molecule has 1 fully saturated rings. The first kappa shape index (κ1) is 19.4. The summed E-state index contributed by atoms with van der Waals surface area (Å²) in [4.78, 5) is 10.6. The van der Waals surface area contributed by atoms with E-state index < -0.39 is 43.3 Å². The number of benzene rings is 1. The van der Waals surface area contributed by atoms with Gasteiger partial charge in [0, 0.05) is 6.42 Å². The van der Waals surface area contributed by atoms with Crippen molar-refractivity contribution in [3.05, 3.63) is 23.8 Å². The lowest BCUT2D eigenvalue weighted by Gasteiger charge is -2.39. The summed E-state index contributed by atoms with van der Waals surface area (Å²) < 4.78 is 16.0. The molecule has 0 aromatic heterocycles. The maximum absolute atomic E-state index is 10.6.